The van der Waals surface area contributed by atoms with Crippen molar-refractivity contribution in [3.63, 3.8) is 0 Å². The van der Waals surface area contributed by atoms with E-state index in [1.165, 1.54) is 0 Å². The summed E-state index contributed by atoms with van der Waals surface area (Å²) >= 11 is 5.90. The van der Waals surface area contributed by atoms with Crippen molar-refractivity contribution in [1.29, 1.82) is 0 Å². The highest BCUT2D eigenvalue weighted by molar-refractivity contribution is 6.30. The van der Waals surface area contributed by atoms with Gasteiger partial charge in [-0.15, -0.1) is 0 Å². The first-order valence-electron chi connectivity index (χ1n) is 6.09. The number of nitrogens with one attached hydrogen (secondary N) is 1. The summed E-state index contributed by atoms with van der Waals surface area (Å²) in [5, 5.41) is 0.665. The third kappa shape index (κ3) is 3.29. The van der Waals surface area contributed by atoms with Gasteiger partial charge in [-0.1, -0.05) is 29.8 Å². The predicted molar refractivity (Wildman–Crippen MR) is 78.6 cm³/mol. The van der Waals surface area contributed by atoms with Crippen LogP contribution < -0.4 is 16.0 Å². The molecule has 0 unspecified atom stereocenters. The number of nitrogen functional groups attached to an aromatic ring is 1. The monoisotopic (exact) mass is 290 g/mol. The van der Waals surface area contributed by atoms with Crippen LogP contribution in [-0.4, -0.2) is 5.91 Å². The van der Waals surface area contributed by atoms with Crippen LogP contribution in [0.2, 0.25) is 5.02 Å². The number of hydrazine groups is 1. The lowest BCUT2D eigenvalue weighted by molar-refractivity contribution is 0.0951. The number of rotatable bonds is 4. The molecule has 104 valence electrons. The number of nitrogens with two attached hydrogens (primary N) is 1. The summed E-state index contributed by atoms with van der Waals surface area (Å²) in [6, 6.07) is 12.6. The van der Waals surface area contributed by atoms with Gasteiger partial charge >= 0.3 is 0 Å². The third-order valence-electron chi connectivity index (χ3n) is 2.91. The van der Waals surface area contributed by atoms with E-state index < -0.39 is 0 Å². The Balaban J connectivity index is 2.17. The van der Waals surface area contributed by atoms with E-state index >= 15 is 0 Å². The molecule has 5 heteroatoms. The second-order valence-electron chi connectivity index (χ2n) is 4.33. The molecule has 0 aliphatic heterocycles. The maximum Gasteiger partial charge on any atom is 0.265 e. The van der Waals surface area contributed by atoms with Gasteiger partial charge in [-0.3, -0.25) is 10.2 Å². The number of carbonyl (C=O) groups excluding carboxylic acids is 1. The molecule has 0 saturated heterocycles. The molecule has 20 heavy (non-hydrogen) atoms. The van der Waals surface area contributed by atoms with Crippen LogP contribution >= 0.6 is 11.6 Å². The SMILES string of the molecule is Cc1cc(Cl)ccc1OCc1ccccc1C(=O)NN. The normalized spacial score (nSPS) is 10.2. The van der Waals surface area contributed by atoms with Crippen LogP contribution in [0.25, 0.3) is 0 Å². The van der Waals surface area contributed by atoms with Crippen LogP contribution in [0, 0.1) is 6.92 Å². The van der Waals surface area contributed by atoms with Crippen LogP contribution in [0.5, 0.6) is 5.75 Å². The van der Waals surface area contributed by atoms with Crippen molar-refractivity contribution < 1.29 is 9.53 Å². The van der Waals surface area contributed by atoms with Crippen LogP contribution in [0.1, 0.15) is 21.5 Å². The van der Waals surface area contributed by atoms with Gasteiger partial charge in [0.25, 0.3) is 5.91 Å². The fourth-order valence-electron chi connectivity index (χ4n) is 1.88. The molecular formula is C15H15ClN2O2. The topological polar surface area (TPSA) is 64.3 Å². The maximum atomic E-state index is 11.6. The van der Waals surface area contributed by atoms with Crippen LogP contribution in [-0.2, 0) is 6.61 Å². The van der Waals surface area contributed by atoms with E-state index in [1.807, 2.05) is 31.2 Å². The van der Waals surface area contributed by atoms with Crippen molar-refractivity contribution in [1.82, 2.24) is 5.43 Å². The summed E-state index contributed by atoms with van der Waals surface area (Å²) in [5.74, 6) is 5.56. The Kier molecular flexibility index (Phi) is 4.61. The Morgan fingerprint density at radius 3 is 2.75 bits per heavy atom. The number of ether oxygens (including phenoxy) is 1. The predicted octanol–water partition coefficient (Wildman–Crippen LogP) is 2.83. The fourth-order valence-corrected chi connectivity index (χ4v) is 2.10. The van der Waals surface area contributed by atoms with E-state index in [4.69, 9.17) is 22.2 Å². The smallest absolute Gasteiger partial charge is 0.265 e. The van der Waals surface area contributed by atoms with Crippen molar-refractivity contribution in [2.24, 2.45) is 5.84 Å². The molecule has 0 bridgehead atoms. The Hall–Kier alpha value is -2.04. The van der Waals surface area contributed by atoms with Gasteiger partial charge in [-0.2, -0.15) is 0 Å². The van der Waals surface area contributed by atoms with Crippen LogP contribution in [0.4, 0.5) is 0 Å². The average molecular weight is 291 g/mol. The first-order chi connectivity index (χ1) is 9.61. The number of hydrogen-bond acceptors (Lipinski definition) is 3. The molecule has 0 atom stereocenters. The van der Waals surface area contributed by atoms with Gasteiger partial charge < -0.3 is 4.74 Å². The largest absolute Gasteiger partial charge is 0.489 e. The zero-order valence-corrected chi connectivity index (χ0v) is 11.8. The quantitative estimate of drug-likeness (QED) is 0.517. The molecule has 0 spiro atoms. The molecule has 0 aliphatic rings. The van der Waals surface area contributed by atoms with E-state index in [-0.39, 0.29) is 12.5 Å². The lowest BCUT2D eigenvalue weighted by Gasteiger charge is -2.12. The molecule has 2 aromatic rings. The first-order valence-corrected chi connectivity index (χ1v) is 6.47. The van der Waals surface area contributed by atoms with Crippen molar-refractivity contribution in [2.75, 3.05) is 0 Å². The van der Waals surface area contributed by atoms with Gasteiger partial charge in [0, 0.05) is 16.1 Å². The number of amides is 1. The molecule has 0 aliphatic carbocycles. The third-order valence-corrected chi connectivity index (χ3v) is 3.15. The van der Waals surface area contributed by atoms with Gasteiger partial charge in [0.2, 0.25) is 0 Å². The Bertz CT molecular complexity index is 629. The Morgan fingerprint density at radius 2 is 2.05 bits per heavy atom. The number of hydrogen-bond donors (Lipinski definition) is 2. The van der Waals surface area contributed by atoms with Crippen molar-refractivity contribution in [3.05, 3.63) is 64.2 Å². The summed E-state index contributed by atoms with van der Waals surface area (Å²) in [4.78, 5) is 11.6. The standard InChI is InChI=1S/C15H15ClN2O2/c1-10-8-12(16)6-7-14(10)20-9-11-4-2-3-5-13(11)15(19)18-17/h2-8H,9,17H2,1H3,(H,18,19). The molecule has 0 saturated carbocycles. The summed E-state index contributed by atoms with van der Waals surface area (Å²) in [7, 11) is 0. The Morgan fingerprint density at radius 1 is 1.30 bits per heavy atom. The zero-order chi connectivity index (χ0) is 14.5. The van der Waals surface area contributed by atoms with E-state index in [0.29, 0.717) is 10.6 Å². The average Bonchev–Trinajstić information content (AvgIpc) is 2.46. The van der Waals surface area contributed by atoms with Crippen molar-refractivity contribution in [3.8, 4) is 5.75 Å². The van der Waals surface area contributed by atoms with Crippen LogP contribution in [0.15, 0.2) is 42.5 Å². The molecule has 1 amide bonds. The number of carbonyl (C=O) groups is 1. The van der Waals surface area contributed by atoms with Crippen molar-refractivity contribution >= 4 is 17.5 Å². The molecule has 0 heterocycles. The molecule has 2 aromatic carbocycles. The molecule has 4 nitrogen and oxygen atoms in total. The van der Waals surface area contributed by atoms with Gasteiger partial charge in [0.15, 0.2) is 0 Å². The molecule has 2 rings (SSSR count). The summed E-state index contributed by atoms with van der Waals surface area (Å²) in [5.41, 5.74) is 4.34. The number of halogens is 1. The lowest BCUT2D eigenvalue weighted by atomic mass is 10.1. The number of benzene rings is 2. The molecular weight excluding hydrogens is 276 g/mol. The minimum atomic E-state index is -0.336. The zero-order valence-electron chi connectivity index (χ0n) is 11.0. The second-order valence-corrected chi connectivity index (χ2v) is 4.77. The van der Waals surface area contributed by atoms with E-state index in [1.54, 1.807) is 18.2 Å². The molecule has 0 radical (unpaired) electrons. The fraction of sp³-hybridized carbons (Fsp3) is 0.133. The Labute approximate surface area is 122 Å². The highest BCUT2D eigenvalue weighted by Crippen LogP contribution is 2.23. The maximum absolute atomic E-state index is 11.6. The minimum Gasteiger partial charge on any atom is -0.489 e. The molecule has 3 N–H and O–H groups in total. The van der Waals surface area contributed by atoms with Crippen molar-refractivity contribution in [2.45, 2.75) is 13.5 Å². The summed E-state index contributed by atoms with van der Waals surface area (Å²) in [6.07, 6.45) is 0. The van der Waals surface area contributed by atoms with E-state index in [9.17, 15) is 4.79 Å². The second kappa shape index (κ2) is 6.41. The molecule has 0 fully saturated rings. The van der Waals surface area contributed by atoms with Gasteiger partial charge in [-0.05, 0) is 36.8 Å². The summed E-state index contributed by atoms with van der Waals surface area (Å²) < 4.78 is 5.73. The van der Waals surface area contributed by atoms with Crippen LogP contribution in [0.3, 0.4) is 0 Å². The first kappa shape index (κ1) is 14.4. The minimum absolute atomic E-state index is 0.284. The van der Waals surface area contributed by atoms with E-state index in [2.05, 4.69) is 5.43 Å². The van der Waals surface area contributed by atoms with Gasteiger partial charge in [-0.25, -0.2) is 5.84 Å². The number of aryl methyl sites for hydroxylation is 1. The van der Waals surface area contributed by atoms with E-state index in [0.717, 1.165) is 16.9 Å². The summed E-state index contributed by atoms with van der Waals surface area (Å²) in [6.45, 7) is 2.20. The lowest BCUT2D eigenvalue weighted by Crippen LogP contribution is -2.30. The highest BCUT2D eigenvalue weighted by Gasteiger charge is 2.10. The van der Waals surface area contributed by atoms with Gasteiger partial charge in [0.05, 0.1) is 0 Å². The highest BCUT2D eigenvalue weighted by atomic mass is 35.5. The molecule has 0 aromatic heterocycles. The van der Waals surface area contributed by atoms with Gasteiger partial charge in [0.1, 0.15) is 12.4 Å².